The van der Waals surface area contributed by atoms with E-state index in [2.05, 4.69) is 9.82 Å². The number of hydrogen-bond donors (Lipinski definition) is 2. The fraction of sp³-hybridized carbons (Fsp3) is 0.333. The number of aromatic nitrogens is 3. The molecule has 2 aromatic heterocycles. The topological polar surface area (TPSA) is 98.0 Å². The third kappa shape index (κ3) is 5.11. The zero-order valence-corrected chi connectivity index (χ0v) is 18.7. The van der Waals surface area contributed by atoms with Crippen LogP contribution in [0.3, 0.4) is 0 Å². The minimum absolute atomic E-state index is 0.277. The van der Waals surface area contributed by atoms with Gasteiger partial charge in [0, 0.05) is 36.8 Å². The highest BCUT2D eigenvalue weighted by atomic mass is 32.2. The quantitative estimate of drug-likeness (QED) is 0.507. The van der Waals surface area contributed by atoms with E-state index < -0.39 is 27.9 Å². The number of carbonyl (C=O) groups excluding carboxylic acids is 1. The summed E-state index contributed by atoms with van der Waals surface area (Å²) in [6.07, 6.45) is 1.48. The van der Waals surface area contributed by atoms with Gasteiger partial charge in [0.15, 0.2) is 0 Å². The van der Waals surface area contributed by atoms with Crippen molar-refractivity contribution in [3.63, 3.8) is 0 Å². The molecule has 4 rings (SSSR count). The molecule has 33 heavy (non-hydrogen) atoms. The number of alkyl halides is 3. The maximum absolute atomic E-state index is 13.2. The summed E-state index contributed by atoms with van der Waals surface area (Å²) in [5.41, 5.74) is 0.513. The van der Waals surface area contributed by atoms with E-state index in [-0.39, 0.29) is 6.54 Å². The number of nitrogens with zero attached hydrogens (tertiary/aromatic N) is 3. The van der Waals surface area contributed by atoms with Gasteiger partial charge in [-0.1, -0.05) is 6.07 Å². The van der Waals surface area contributed by atoms with Crippen LogP contribution in [-0.2, 0) is 28.2 Å². The number of rotatable bonds is 7. The Bertz CT molecular complexity index is 1350. The number of amides is 1. The van der Waals surface area contributed by atoms with Gasteiger partial charge in [-0.2, -0.15) is 31.4 Å². The second-order valence-electron chi connectivity index (χ2n) is 8.00. The lowest BCUT2D eigenvalue weighted by Gasteiger charge is -2.11. The van der Waals surface area contributed by atoms with Crippen LogP contribution in [0.4, 0.5) is 13.2 Å². The van der Waals surface area contributed by atoms with Gasteiger partial charge in [0.1, 0.15) is 5.82 Å². The number of fused-ring (bicyclic) bond motifs is 1. The number of aryl methyl sites for hydroxylation is 2. The van der Waals surface area contributed by atoms with Crippen LogP contribution in [0.15, 0.2) is 36.5 Å². The Balaban J connectivity index is 1.64. The highest BCUT2D eigenvalue weighted by Gasteiger charge is 2.31. The van der Waals surface area contributed by atoms with Crippen molar-refractivity contribution >= 4 is 33.1 Å². The average Bonchev–Trinajstić information content (AvgIpc) is 3.39. The van der Waals surface area contributed by atoms with E-state index in [1.165, 1.54) is 16.8 Å². The minimum atomic E-state index is -4.49. The summed E-state index contributed by atoms with van der Waals surface area (Å²) in [4.78, 5) is 12.2. The number of halogens is 3. The molecular weight excluding hydrogens is 459 g/mol. The molecule has 8 nitrogen and oxygen atoms in total. The van der Waals surface area contributed by atoms with E-state index >= 15 is 0 Å². The SMILES string of the molecule is Cc1nn(C)c(-n2ccc3ccc(C(F)(F)F)cc32)c1/C=C/C(=O)NS(=O)(=O)NCC1CC1. The van der Waals surface area contributed by atoms with Crippen molar-refractivity contribution < 1.29 is 26.4 Å². The smallest absolute Gasteiger partial charge is 0.301 e. The van der Waals surface area contributed by atoms with Crippen molar-refractivity contribution in [3.05, 3.63) is 53.4 Å². The molecule has 0 radical (unpaired) electrons. The van der Waals surface area contributed by atoms with Crippen LogP contribution in [0.25, 0.3) is 22.8 Å². The van der Waals surface area contributed by atoms with Crippen molar-refractivity contribution in [2.45, 2.75) is 25.9 Å². The van der Waals surface area contributed by atoms with Gasteiger partial charge < -0.3 is 4.57 Å². The van der Waals surface area contributed by atoms with Crippen LogP contribution in [0.2, 0.25) is 0 Å². The zero-order chi connectivity index (χ0) is 24.0. The molecule has 1 amide bonds. The summed E-state index contributed by atoms with van der Waals surface area (Å²) in [6, 6.07) is 5.14. The summed E-state index contributed by atoms with van der Waals surface area (Å²) in [7, 11) is -2.35. The van der Waals surface area contributed by atoms with Crippen molar-refractivity contribution in [1.29, 1.82) is 0 Å². The van der Waals surface area contributed by atoms with E-state index in [9.17, 15) is 26.4 Å². The van der Waals surface area contributed by atoms with Crippen LogP contribution < -0.4 is 9.44 Å². The Morgan fingerprint density at radius 3 is 2.67 bits per heavy atom. The number of nitrogens with one attached hydrogen (secondary N) is 2. The largest absolute Gasteiger partial charge is 0.416 e. The van der Waals surface area contributed by atoms with E-state index in [4.69, 9.17) is 0 Å². The van der Waals surface area contributed by atoms with Crippen LogP contribution in [0.5, 0.6) is 0 Å². The predicted molar refractivity (Wildman–Crippen MR) is 117 cm³/mol. The fourth-order valence-electron chi connectivity index (χ4n) is 3.54. The first-order valence-electron chi connectivity index (χ1n) is 10.2. The Kier molecular flexibility index (Phi) is 5.83. The van der Waals surface area contributed by atoms with Crippen LogP contribution in [0, 0.1) is 12.8 Å². The lowest BCUT2D eigenvalue weighted by atomic mass is 10.1. The molecule has 0 bridgehead atoms. The van der Waals surface area contributed by atoms with Gasteiger partial charge in [-0.05, 0) is 50.0 Å². The molecule has 1 fully saturated rings. The summed E-state index contributed by atoms with van der Waals surface area (Å²) in [6.45, 7) is 1.96. The number of carbonyl (C=O) groups is 1. The average molecular weight is 482 g/mol. The maximum atomic E-state index is 13.2. The molecule has 1 aromatic carbocycles. The zero-order valence-electron chi connectivity index (χ0n) is 17.8. The van der Waals surface area contributed by atoms with Gasteiger partial charge in [0.05, 0.1) is 16.8 Å². The van der Waals surface area contributed by atoms with E-state index in [1.54, 1.807) is 30.8 Å². The van der Waals surface area contributed by atoms with Crippen molar-refractivity contribution in [1.82, 2.24) is 23.8 Å². The van der Waals surface area contributed by atoms with Crippen LogP contribution in [0.1, 0.15) is 29.7 Å². The predicted octanol–water partition coefficient (Wildman–Crippen LogP) is 3.07. The summed E-state index contributed by atoms with van der Waals surface area (Å²) >= 11 is 0. The first kappa shape index (κ1) is 23.1. The molecule has 0 atom stereocenters. The van der Waals surface area contributed by atoms with Crippen molar-refractivity contribution in [2.75, 3.05) is 6.54 Å². The second kappa shape index (κ2) is 8.34. The molecule has 1 aliphatic carbocycles. The molecule has 1 saturated carbocycles. The lowest BCUT2D eigenvalue weighted by Crippen LogP contribution is -2.40. The first-order valence-corrected chi connectivity index (χ1v) is 11.6. The molecule has 12 heteroatoms. The van der Waals surface area contributed by atoms with Gasteiger partial charge in [-0.15, -0.1) is 0 Å². The Morgan fingerprint density at radius 1 is 1.27 bits per heavy atom. The monoisotopic (exact) mass is 481 g/mol. The minimum Gasteiger partial charge on any atom is -0.301 e. The van der Waals surface area contributed by atoms with E-state index in [0.29, 0.717) is 33.9 Å². The van der Waals surface area contributed by atoms with E-state index in [1.807, 2.05) is 4.72 Å². The molecule has 2 N–H and O–H groups in total. The fourth-order valence-corrected chi connectivity index (χ4v) is 4.40. The normalized spacial score (nSPS) is 14.9. The molecule has 0 spiro atoms. The highest BCUT2D eigenvalue weighted by Crippen LogP contribution is 2.33. The third-order valence-electron chi connectivity index (χ3n) is 5.38. The molecule has 1 aliphatic rings. The van der Waals surface area contributed by atoms with Gasteiger partial charge in [-0.3, -0.25) is 9.48 Å². The van der Waals surface area contributed by atoms with Crippen LogP contribution in [-0.4, -0.2) is 35.2 Å². The first-order chi connectivity index (χ1) is 15.4. The molecule has 0 saturated heterocycles. The molecule has 3 aromatic rings. The summed E-state index contributed by atoms with van der Waals surface area (Å²) in [5, 5.41) is 4.91. The number of hydrogen-bond acceptors (Lipinski definition) is 4. The van der Waals surface area contributed by atoms with Gasteiger partial charge in [0.2, 0.25) is 0 Å². The molecule has 0 unspecified atom stereocenters. The maximum Gasteiger partial charge on any atom is 0.416 e. The molecule has 0 aliphatic heterocycles. The number of benzene rings is 1. The van der Waals surface area contributed by atoms with Gasteiger partial charge in [0.25, 0.3) is 5.91 Å². The van der Waals surface area contributed by atoms with Crippen molar-refractivity contribution in [3.8, 4) is 5.82 Å². The van der Waals surface area contributed by atoms with Gasteiger partial charge in [-0.25, -0.2) is 4.72 Å². The van der Waals surface area contributed by atoms with Crippen molar-refractivity contribution in [2.24, 2.45) is 13.0 Å². The standard InChI is InChI=1S/C21H22F3N5O3S/c1-13-17(7-8-19(30)27-33(31,32)25-12-14-3-4-14)20(28(2)26-13)29-10-9-15-5-6-16(11-18(15)29)21(22,23)24/h5-11,14,25H,3-4,12H2,1-2H3,(H,27,30)/b8-7+. The van der Waals surface area contributed by atoms with E-state index in [0.717, 1.165) is 31.1 Å². The highest BCUT2D eigenvalue weighted by molar-refractivity contribution is 7.88. The lowest BCUT2D eigenvalue weighted by molar-refractivity contribution is -0.137. The molecule has 176 valence electrons. The molecule has 2 heterocycles. The Hall–Kier alpha value is -3.12. The third-order valence-corrected chi connectivity index (χ3v) is 6.40. The summed E-state index contributed by atoms with van der Waals surface area (Å²) in [5.74, 6) is -0.119. The molecular formula is C21H22F3N5O3S. The summed E-state index contributed by atoms with van der Waals surface area (Å²) < 4.78 is 70.9. The second-order valence-corrected chi connectivity index (χ2v) is 9.50. The Morgan fingerprint density at radius 2 is 2.00 bits per heavy atom. The van der Waals surface area contributed by atoms with Gasteiger partial charge >= 0.3 is 16.4 Å². The Labute approximate surface area is 188 Å². The van der Waals surface area contributed by atoms with Crippen LogP contribution >= 0.6 is 0 Å².